The fourth-order valence-electron chi connectivity index (χ4n) is 1.96. The first kappa shape index (κ1) is 15.9. The molecular formula is C17H21N3O2. The zero-order chi connectivity index (χ0) is 16.2. The van der Waals surface area contributed by atoms with Crippen LogP contribution in [0.4, 0.5) is 5.82 Å². The lowest BCUT2D eigenvalue weighted by atomic mass is 9.87. The summed E-state index contributed by atoms with van der Waals surface area (Å²) in [6, 6.07) is 8.15. The summed E-state index contributed by atoms with van der Waals surface area (Å²) in [6.45, 7) is 8.43. The van der Waals surface area contributed by atoms with Gasteiger partial charge in [0.15, 0.2) is 0 Å². The Labute approximate surface area is 130 Å². The van der Waals surface area contributed by atoms with E-state index in [1.165, 1.54) is 11.6 Å². The number of hydrogen-bond acceptors (Lipinski definition) is 4. The van der Waals surface area contributed by atoms with Crippen molar-refractivity contribution >= 4 is 17.8 Å². The summed E-state index contributed by atoms with van der Waals surface area (Å²) in [7, 11) is 0. The molecule has 0 spiro atoms. The first-order valence-electron chi connectivity index (χ1n) is 7.31. The number of aromatic nitrogens is 2. The molecule has 5 nitrogen and oxygen atoms in total. The monoisotopic (exact) mass is 299 g/mol. The zero-order valence-electron chi connectivity index (χ0n) is 13.4. The average Bonchev–Trinajstić information content (AvgIpc) is 2.92. The minimum Gasteiger partial charge on any atom is -0.303 e. The quantitative estimate of drug-likeness (QED) is 0.876. The van der Waals surface area contributed by atoms with E-state index >= 15 is 0 Å². The van der Waals surface area contributed by atoms with E-state index in [9.17, 15) is 4.79 Å². The maximum absolute atomic E-state index is 11.9. The normalized spacial score (nSPS) is 11.8. The first-order chi connectivity index (χ1) is 10.4. The molecule has 1 aromatic heterocycles. The van der Waals surface area contributed by atoms with Crippen LogP contribution < -0.4 is 5.32 Å². The number of benzene rings is 1. The molecule has 0 aliphatic rings. The molecule has 0 aliphatic heterocycles. The van der Waals surface area contributed by atoms with Crippen LogP contribution in [0.5, 0.6) is 0 Å². The van der Waals surface area contributed by atoms with Crippen LogP contribution in [0.2, 0.25) is 0 Å². The van der Waals surface area contributed by atoms with Gasteiger partial charge in [-0.2, -0.15) is 0 Å². The highest BCUT2D eigenvalue weighted by molar-refractivity contribution is 6.01. The van der Waals surface area contributed by atoms with Gasteiger partial charge in [0.25, 0.3) is 0 Å². The molecule has 1 N–H and O–H groups in total. The van der Waals surface area contributed by atoms with E-state index in [1.807, 2.05) is 19.1 Å². The van der Waals surface area contributed by atoms with Crippen LogP contribution in [0.25, 0.3) is 6.08 Å². The van der Waals surface area contributed by atoms with E-state index in [2.05, 4.69) is 53.2 Å². The number of carbonyl (C=O) groups is 1. The number of nitrogens with zero attached hydrogens (tertiary/aromatic N) is 2. The molecule has 1 aromatic carbocycles. The summed E-state index contributed by atoms with van der Waals surface area (Å²) in [5, 5.41) is 10.0. The maximum atomic E-state index is 11.9. The SMILES string of the molecule is CCc1nonc1NC(=O)/C=C/c1ccc(C(C)(C)C)cc1. The number of aryl methyl sites for hydroxylation is 1. The molecule has 2 aromatic rings. The Bertz CT molecular complexity index is 664. The molecular weight excluding hydrogens is 278 g/mol. The van der Waals surface area contributed by atoms with Crippen molar-refractivity contribution in [2.24, 2.45) is 0 Å². The lowest BCUT2D eigenvalue weighted by Crippen LogP contribution is -2.10. The summed E-state index contributed by atoms with van der Waals surface area (Å²) in [5.74, 6) is 0.116. The maximum Gasteiger partial charge on any atom is 0.249 e. The predicted molar refractivity (Wildman–Crippen MR) is 86.5 cm³/mol. The van der Waals surface area contributed by atoms with E-state index < -0.39 is 0 Å². The van der Waals surface area contributed by atoms with Crippen LogP contribution in [-0.4, -0.2) is 16.2 Å². The standard InChI is InChI=1S/C17H21N3O2/c1-5-14-16(20-22-19-14)18-15(21)11-8-12-6-9-13(10-7-12)17(2,3)4/h6-11H,5H2,1-4H3,(H,18,20,21)/b11-8+. The topological polar surface area (TPSA) is 68.0 Å². The Balaban J connectivity index is 2.01. The number of nitrogens with one attached hydrogen (secondary N) is 1. The van der Waals surface area contributed by atoms with Gasteiger partial charge in [0.1, 0.15) is 5.69 Å². The summed E-state index contributed by atoms with van der Waals surface area (Å²) >= 11 is 0. The van der Waals surface area contributed by atoms with Crippen molar-refractivity contribution in [1.82, 2.24) is 10.3 Å². The molecule has 2 rings (SSSR count). The predicted octanol–water partition coefficient (Wildman–Crippen LogP) is 3.58. The largest absolute Gasteiger partial charge is 0.303 e. The smallest absolute Gasteiger partial charge is 0.249 e. The molecule has 0 fully saturated rings. The van der Waals surface area contributed by atoms with Crippen LogP contribution in [0.15, 0.2) is 35.0 Å². The van der Waals surface area contributed by atoms with Crippen LogP contribution in [0, 0.1) is 0 Å². The third kappa shape index (κ3) is 4.04. The Kier molecular flexibility index (Phi) is 4.75. The fraction of sp³-hybridized carbons (Fsp3) is 0.353. The van der Waals surface area contributed by atoms with Gasteiger partial charge in [0.05, 0.1) is 0 Å². The van der Waals surface area contributed by atoms with Gasteiger partial charge in [0, 0.05) is 6.08 Å². The Morgan fingerprint density at radius 1 is 1.23 bits per heavy atom. The van der Waals surface area contributed by atoms with E-state index in [0.29, 0.717) is 17.9 Å². The van der Waals surface area contributed by atoms with Crippen LogP contribution in [-0.2, 0) is 16.6 Å². The molecule has 22 heavy (non-hydrogen) atoms. The zero-order valence-corrected chi connectivity index (χ0v) is 13.4. The van der Waals surface area contributed by atoms with Crippen LogP contribution in [0.1, 0.15) is 44.5 Å². The molecule has 0 bridgehead atoms. The second-order valence-corrected chi connectivity index (χ2v) is 6.11. The molecule has 1 heterocycles. The molecule has 5 heteroatoms. The summed E-state index contributed by atoms with van der Waals surface area (Å²) in [4.78, 5) is 11.9. The second kappa shape index (κ2) is 6.56. The number of carbonyl (C=O) groups excluding carboxylic acids is 1. The van der Waals surface area contributed by atoms with E-state index in [0.717, 1.165) is 5.56 Å². The first-order valence-corrected chi connectivity index (χ1v) is 7.31. The van der Waals surface area contributed by atoms with Crippen molar-refractivity contribution in [2.45, 2.75) is 39.5 Å². The van der Waals surface area contributed by atoms with Crippen LogP contribution in [0.3, 0.4) is 0 Å². The van der Waals surface area contributed by atoms with E-state index in [-0.39, 0.29) is 11.3 Å². The Morgan fingerprint density at radius 2 is 1.91 bits per heavy atom. The number of anilines is 1. The minimum absolute atomic E-state index is 0.121. The molecule has 0 saturated heterocycles. The molecule has 0 radical (unpaired) electrons. The van der Waals surface area contributed by atoms with Crippen molar-refractivity contribution in [1.29, 1.82) is 0 Å². The third-order valence-corrected chi connectivity index (χ3v) is 3.34. The fourth-order valence-corrected chi connectivity index (χ4v) is 1.96. The third-order valence-electron chi connectivity index (χ3n) is 3.34. The van der Waals surface area contributed by atoms with Gasteiger partial charge >= 0.3 is 0 Å². The molecule has 0 aliphatic carbocycles. The second-order valence-electron chi connectivity index (χ2n) is 6.11. The van der Waals surface area contributed by atoms with Crippen LogP contribution >= 0.6 is 0 Å². The number of hydrogen-bond donors (Lipinski definition) is 1. The van der Waals surface area contributed by atoms with Gasteiger partial charge in [-0.1, -0.05) is 57.1 Å². The number of rotatable bonds is 4. The molecule has 0 atom stereocenters. The molecule has 0 unspecified atom stereocenters. The van der Waals surface area contributed by atoms with Gasteiger partial charge in [-0.3, -0.25) is 4.79 Å². The Morgan fingerprint density at radius 3 is 2.50 bits per heavy atom. The highest BCUT2D eigenvalue weighted by atomic mass is 16.6. The highest BCUT2D eigenvalue weighted by Crippen LogP contribution is 2.22. The lowest BCUT2D eigenvalue weighted by Gasteiger charge is -2.18. The summed E-state index contributed by atoms with van der Waals surface area (Å²) < 4.78 is 4.61. The lowest BCUT2D eigenvalue weighted by molar-refractivity contribution is -0.111. The Hall–Kier alpha value is -2.43. The van der Waals surface area contributed by atoms with Gasteiger partial charge < -0.3 is 5.32 Å². The van der Waals surface area contributed by atoms with E-state index in [1.54, 1.807) is 6.08 Å². The molecule has 116 valence electrons. The van der Waals surface area contributed by atoms with Gasteiger partial charge in [-0.05, 0) is 34.2 Å². The van der Waals surface area contributed by atoms with Gasteiger partial charge in [0.2, 0.25) is 11.7 Å². The van der Waals surface area contributed by atoms with Gasteiger partial charge in [-0.25, -0.2) is 4.63 Å². The summed E-state index contributed by atoms with van der Waals surface area (Å²) in [6.07, 6.45) is 3.89. The van der Waals surface area contributed by atoms with Crippen molar-refractivity contribution in [3.8, 4) is 0 Å². The summed E-state index contributed by atoms with van der Waals surface area (Å²) in [5.41, 5.74) is 2.99. The minimum atomic E-state index is -0.259. The van der Waals surface area contributed by atoms with Crippen molar-refractivity contribution in [3.05, 3.63) is 47.2 Å². The average molecular weight is 299 g/mol. The van der Waals surface area contributed by atoms with Gasteiger partial charge in [-0.15, -0.1) is 0 Å². The van der Waals surface area contributed by atoms with Crippen molar-refractivity contribution in [2.75, 3.05) is 5.32 Å². The van der Waals surface area contributed by atoms with E-state index in [4.69, 9.17) is 0 Å². The van der Waals surface area contributed by atoms with Crippen molar-refractivity contribution in [3.63, 3.8) is 0 Å². The highest BCUT2D eigenvalue weighted by Gasteiger charge is 2.12. The molecule has 0 saturated carbocycles. The van der Waals surface area contributed by atoms with Crippen molar-refractivity contribution < 1.29 is 9.42 Å². The molecule has 1 amide bonds. The number of amides is 1.